The van der Waals surface area contributed by atoms with Gasteiger partial charge in [0.05, 0.1) is 5.69 Å². The highest BCUT2D eigenvalue weighted by Gasteiger charge is 2.11. The zero-order valence-electron chi connectivity index (χ0n) is 8.82. The maximum atomic E-state index is 10.9. The third-order valence-electron chi connectivity index (χ3n) is 2.50. The SMILES string of the molecule is CCN(C=O)c1c(C)cnc2[nH]ccc12. The van der Waals surface area contributed by atoms with Crippen LogP contribution in [-0.2, 0) is 4.79 Å². The topological polar surface area (TPSA) is 49.0 Å². The molecule has 0 atom stereocenters. The van der Waals surface area contributed by atoms with Gasteiger partial charge >= 0.3 is 0 Å². The minimum Gasteiger partial charge on any atom is -0.346 e. The van der Waals surface area contributed by atoms with Crippen LogP contribution in [0.5, 0.6) is 0 Å². The molecular weight excluding hydrogens is 190 g/mol. The van der Waals surface area contributed by atoms with Crippen LogP contribution in [0.1, 0.15) is 12.5 Å². The number of fused-ring (bicyclic) bond motifs is 1. The Balaban J connectivity index is 2.70. The highest BCUT2D eigenvalue weighted by molar-refractivity contribution is 5.96. The second kappa shape index (κ2) is 3.73. The van der Waals surface area contributed by atoms with Crippen molar-refractivity contribution < 1.29 is 4.79 Å². The van der Waals surface area contributed by atoms with Crippen LogP contribution in [0.15, 0.2) is 18.5 Å². The van der Waals surface area contributed by atoms with Crippen molar-refractivity contribution in [3.8, 4) is 0 Å². The molecule has 4 heteroatoms. The van der Waals surface area contributed by atoms with Crippen molar-refractivity contribution in [2.24, 2.45) is 0 Å². The summed E-state index contributed by atoms with van der Waals surface area (Å²) in [6.07, 6.45) is 4.47. The summed E-state index contributed by atoms with van der Waals surface area (Å²) in [5.41, 5.74) is 2.77. The Morgan fingerprint density at radius 3 is 3.07 bits per heavy atom. The monoisotopic (exact) mass is 203 g/mol. The van der Waals surface area contributed by atoms with Gasteiger partial charge in [0.2, 0.25) is 6.41 Å². The lowest BCUT2D eigenvalue weighted by Crippen LogP contribution is -2.21. The van der Waals surface area contributed by atoms with Crippen LogP contribution in [-0.4, -0.2) is 22.9 Å². The summed E-state index contributed by atoms with van der Waals surface area (Å²) < 4.78 is 0. The van der Waals surface area contributed by atoms with Gasteiger partial charge in [0.25, 0.3) is 0 Å². The zero-order chi connectivity index (χ0) is 10.8. The Labute approximate surface area is 87.9 Å². The van der Waals surface area contributed by atoms with E-state index in [4.69, 9.17) is 0 Å². The molecule has 4 nitrogen and oxygen atoms in total. The third-order valence-corrected chi connectivity index (χ3v) is 2.50. The molecule has 0 aliphatic heterocycles. The van der Waals surface area contributed by atoms with Crippen LogP contribution in [0.3, 0.4) is 0 Å². The van der Waals surface area contributed by atoms with Crippen LogP contribution >= 0.6 is 0 Å². The Bertz CT molecular complexity index is 490. The first kappa shape index (κ1) is 9.71. The fourth-order valence-corrected chi connectivity index (χ4v) is 1.76. The number of H-pyrrole nitrogens is 1. The lowest BCUT2D eigenvalue weighted by atomic mass is 10.2. The van der Waals surface area contributed by atoms with Crippen LogP contribution < -0.4 is 4.90 Å². The van der Waals surface area contributed by atoms with E-state index in [2.05, 4.69) is 9.97 Å². The van der Waals surface area contributed by atoms with Crippen molar-refractivity contribution in [2.45, 2.75) is 13.8 Å². The normalized spacial score (nSPS) is 10.5. The molecule has 0 unspecified atom stereocenters. The van der Waals surface area contributed by atoms with Crippen molar-refractivity contribution in [3.05, 3.63) is 24.0 Å². The number of rotatable bonds is 3. The van der Waals surface area contributed by atoms with Crippen molar-refractivity contribution in [3.63, 3.8) is 0 Å². The van der Waals surface area contributed by atoms with E-state index < -0.39 is 0 Å². The average molecular weight is 203 g/mol. The number of carbonyl (C=O) groups is 1. The van der Waals surface area contributed by atoms with Crippen LogP contribution in [0.2, 0.25) is 0 Å². The predicted molar refractivity (Wildman–Crippen MR) is 59.9 cm³/mol. The molecular formula is C11H13N3O. The summed E-state index contributed by atoms with van der Waals surface area (Å²) >= 11 is 0. The molecule has 2 heterocycles. The molecule has 0 radical (unpaired) electrons. The second-order valence-electron chi connectivity index (χ2n) is 3.42. The molecule has 0 aromatic carbocycles. The third kappa shape index (κ3) is 1.48. The number of carbonyl (C=O) groups excluding carboxylic acids is 1. The zero-order valence-corrected chi connectivity index (χ0v) is 8.82. The van der Waals surface area contributed by atoms with E-state index in [1.807, 2.05) is 26.1 Å². The Hall–Kier alpha value is -1.84. The summed E-state index contributed by atoms with van der Waals surface area (Å²) in [4.78, 5) is 19.9. The maximum absolute atomic E-state index is 10.9. The number of nitrogens with zero attached hydrogens (tertiary/aromatic N) is 2. The predicted octanol–water partition coefficient (Wildman–Crippen LogP) is 1.85. The molecule has 0 aliphatic rings. The van der Waals surface area contributed by atoms with E-state index >= 15 is 0 Å². The van der Waals surface area contributed by atoms with Crippen LogP contribution in [0.4, 0.5) is 5.69 Å². The summed E-state index contributed by atoms with van der Waals surface area (Å²) in [6, 6.07) is 1.94. The molecule has 15 heavy (non-hydrogen) atoms. The van der Waals surface area contributed by atoms with E-state index in [0.717, 1.165) is 28.7 Å². The molecule has 0 aliphatic carbocycles. The van der Waals surface area contributed by atoms with Gasteiger partial charge in [0.1, 0.15) is 5.65 Å². The van der Waals surface area contributed by atoms with Gasteiger partial charge in [-0.25, -0.2) is 4.98 Å². The largest absolute Gasteiger partial charge is 0.346 e. The summed E-state index contributed by atoms with van der Waals surface area (Å²) in [5.74, 6) is 0. The van der Waals surface area contributed by atoms with Gasteiger partial charge in [-0.1, -0.05) is 0 Å². The van der Waals surface area contributed by atoms with Crippen molar-refractivity contribution >= 4 is 23.1 Å². The smallest absolute Gasteiger partial charge is 0.214 e. The van der Waals surface area contributed by atoms with Gasteiger partial charge in [-0.15, -0.1) is 0 Å². The molecule has 0 saturated heterocycles. The number of aryl methyl sites for hydroxylation is 1. The molecule has 0 fully saturated rings. The number of pyridine rings is 1. The standard InChI is InChI=1S/C11H13N3O/c1-3-14(7-15)10-8(2)6-13-11-9(10)4-5-12-11/h4-7H,3H2,1-2H3,(H,12,13). The number of hydrogen-bond acceptors (Lipinski definition) is 2. The van der Waals surface area contributed by atoms with E-state index in [0.29, 0.717) is 6.54 Å². The number of aromatic amines is 1. The van der Waals surface area contributed by atoms with Gasteiger partial charge in [-0.2, -0.15) is 0 Å². The van der Waals surface area contributed by atoms with Gasteiger partial charge in [0.15, 0.2) is 0 Å². The summed E-state index contributed by atoms with van der Waals surface area (Å²) in [7, 11) is 0. The lowest BCUT2D eigenvalue weighted by Gasteiger charge is -2.18. The highest BCUT2D eigenvalue weighted by atomic mass is 16.1. The summed E-state index contributed by atoms with van der Waals surface area (Å²) in [5, 5.41) is 0.990. The number of hydrogen-bond donors (Lipinski definition) is 1. The number of nitrogens with one attached hydrogen (secondary N) is 1. The molecule has 2 aromatic rings. The molecule has 0 spiro atoms. The summed E-state index contributed by atoms with van der Waals surface area (Å²) in [6.45, 7) is 4.57. The van der Waals surface area contributed by atoms with Crippen molar-refractivity contribution in [1.82, 2.24) is 9.97 Å². The Morgan fingerprint density at radius 1 is 1.60 bits per heavy atom. The first-order chi connectivity index (χ1) is 7.27. The van der Waals surface area contributed by atoms with Gasteiger partial charge in [0, 0.05) is 24.3 Å². The van der Waals surface area contributed by atoms with Crippen LogP contribution in [0, 0.1) is 6.92 Å². The Morgan fingerprint density at radius 2 is 2.40 bits per heavy atom. The van der Waals surface area contributed by atoms with E-state index in [1.54, 1.807) is 11.1 Å². The van der Waals surface area contributed by atoms with E-state index in [9.17, 15) is 4.79 Å². The molecule has 0 saturated carbocycles. The lowest BCUT2D eigenvalue weighted by molar-refractivity contribution is -0.107. The van der Waals surface area contributed by atoms with E-state index in [1.165, 1.54) is 0 Å². The number of amides is 1. The van der Waals surface area contributed by atoms with Crippen molar-refractivity contribution in [1.29, 1.82) is 0 Å². The molecule has 0 bridgehead atoms. The van der Waals surface area contributed by atoms with Crippen molar-refractivity contribution in [2.75, 3.05) is 11.4 Å². The second-order valence-corrected chi connectivity index (χ2v) is 3.42. The fraction of sp³-hybridized carbons (Fsp3) is 0.273. The Kier molecular flexibility index (Phi) is 2.41. The number of anilines is 1. The highest BCUT2D eigenvalue weighted by Crippen LogP contribution is 2.27. The average Bonchev–Trinajstić information content (AvgIpc) is 2.70. The molecule has 1 amide bonds. The van der Waals surface area contributed by atoms with Gasteiger partial charge < -0.3 is 9.88 Å². The van der Waals surface area contributed by atoms with Gasteiger partial charge in [-0.05, 0) is 25.5 Å². The molecule has 1 N–H and O–H groups in total. The first-order valence-corrected chi connectivity index (χ1v) is 4.92. The van der Waals surface area contributed by atoms with E-state index in [-0.39, 0.29) is 0 Å². The quantitative estimate of drug-likeness (QED) is 0.774. The van der Waals surface area contributed by atoms with Crippen LogP contribution in [0.25, 0.3) is 11.0 Å². The molecule has 2 rings (SSSR count). The van der Waals surface area contributed by atoms with Gasteiger partial charge in [-0.3, -0.25) is 4.79 Å². The minimum absolute atomic E-state index is 0.661. The maximum Gasteiger partial charge on any atom is 0.214 e. The molecule has 78 valence electrons. The number of aromatic nitrogens is 2. The molecule has 2 aromatic heterocycles. The minimum atomic E-state index is 0.661. The fourth-order valence-electron chi connectivity index (χ4n) is 1.76. The first-order valence-electron chi connectivity index (χ1n) is 4.92.